The average Bonchev–Trinajstić information content (AvgIpc) is 2.09. The summed E-state index contributed by atoms with van der Waals surface area (Å²) >= 11 is 0. The highest BCUT2D eigenvalue weighted by Crippen LogP contribution is 2.15. The van der Waals surface area contributed by atoms with Gasteiger partial charge in [-0.1, -0.05) is 24.3 Å². The number of aliphatic imine (C=N–C) groups is 1. The van der Waals surface area contributed by atoms with Crippen molar-refractivity contribution in [3.63, 3.8) is 0 Å². The largest absolute Gasteiger partial charge is 0.272 e. The normalized spacial score (nSPS) is 10.7. The average molecular weight is 175 g/mol. The van der Waals surface area contributed by atoms with Gasteiger partial charge < -0.3 is 0 Å². The van der Waals surface area contributed by atoms with Gasteiger partial charge in [-0.05, 0) is 44.7 Å². The SMILES string of the molecule is C=N/C=C\C(=C)C(/C=C\C)=C(C)C. The molecule has 0 radical (unpaired) electrons. The minimum Gasteiger partial charge on any atom is -0.272 e. The fourth-order valence-electron chi connectivity index (χ4n) is 0.994. The van der Waals surface area contributed by atoms with E-state index < -0.39 is 0 Å². The number of allylic oxidation sites excluding steroid dienone is 6. The van der Waals surface area contributed by atoms with Crippen molar-refractivity contribution in [2.24, 2.45) is 4.99 Å². The van der Waals surface area contributed by atoms with Crippen LogP contribution in [0.4, 0.5) is 0 Å². The predicted molar refractivity (Wildman–Crippen MR) is 61.0 cm³/mol. The van der Waals surface area contributed by atoms with Crippen LogP contribution in [0.3, 0.4) is 0 Å². The van der Waals surface area contributed by atoms with Crippen LogP contribution >= 0.6 is 0 Å². The van der Waals surface area contributed by atoms with Gasteiger partial charge in [0.25, 0.3) is 0 Å². The summed E-state index contributed by atoms with van der Waals surface area (Å²) in [7, 11) is 0. The van der Waals surface area contributed by atoms with Crippen molar-refractivity contribution >= 4 is 6.72 Å². The summed E-state index contributed by atoms with van der Waals surface area (Å²) in [6.07, 6.45) is 7.55. The molecule has 0 rings (SSSR count). The zero-order chi connectivity index (χ0) is 10.3. The summed E-state index contributed by atoms with van der Waals surface area (Å²) in [6, 6.07) is 0. The lowest BCUT2D eigenvalue weighted by Crippen LogP contribution is -1.84. The smallest absolute Gasteiger partial charge is 0.0266 e. The summed E-state index contributed by atoms with van der Waals surface area (Å²) in [5, 5.41) is 0. The highest BCUT2D eigenvalue weighted by atomic mass is 14.6. The molecular weight excluding hydrogens is 158 g/mol. The lowest BCUT2D eigenvalue weighted by Gasteiger charge is -2.03. The van der Waals surface area contributed by atoms with Crippen molar-refractivity contribution in [3.05, 3.63) is 47.7 Å². The van der Waals surface area contributed by atoms with Crippen molar-refractivity contribution in [1.29, 1.82) is 0 Å². The Morgan fingerprint density at radius 1 is 1.23 bits per heavy atom. The molecule has 0 spiro atoms. The molecule has 0 saturated carbocycles. The van der Waals surface area contributed by atoms with Gasteiger partial charge in [0, 0.05) is 6.20 Å². The van der Waals surface area contributed by atoms with Crippen LogP contribution in [-0.2, 0) is 0 Å². The topological polar surface area (TPSA) is 12.4 Å². The van der Waals surface area contributed by atoms with Gasteiger partial charge in [0.05, 0.1) is 0 Å². The molecule has 0 aromatic heterocycles. The number of nitrogens with zero attached hydrogens (tertiary/aromatic N) is 1. The van der Waals surface area contributed by atoms with Gasteiger partial charge in [-0.2, -0.15) is 0 Å². The Hall–Kier alpha value is -1.37. The molecule has 0 N–H and O–H groups in total. The van der Waals surface area contributed by atoms with Crippen molar-refractivity contribution < 1.29 is 0 Å². The molecule has 0 fully saturated rings. The third-order valence-electron chi connectivity index (χ3n) is 1.60. The summed E-state index contributed by atoms with van der Waals surface area (Å²) in [6.45, 7) is 13.4. The van der Waals surface area contributed by atoms with Crippen molar-refractivity contribution in [2.75, 3.05) is 0 Å². The lowest BCUT2D eigenvalue weighted by atomic mass is 10.0. The molecule has 1 heteroatoms. The summed E-state index contributed by atoms with van der Waals surface area (Å²) in [5.74, 6) is 0. The molecule has 0 saturated heterocycles. The van der Waals surface area contributed by atoms with Gasteiger partial charge in [-0.3, -0.25) is 4.99 Å². The van der Waals surface area contributed by atoms with E-state index in [-0.39, 0.29) is 0 Å². The standard InChI is InChI=1S/C12H17N/c1-6-7-12(10(2)3)11(4)8-9-13-5/h6-9H,4-5H2,1-3H3/b7-6-,9-8-. The highest BCUT2D eigenvalue weighted by Gasteiger charge is 1.96. The maximum absolute atomic E-state index is 3.95. The predicted octanol–water partition coefficient (Wildman–Crippen LogP) is 3.67. The Kier molecular flexibility index (Phi) is 5.53. The third kappa shape index (κ3) is 4.26. The summed E-state index contributed by atoms with van der Waals surface area (Å²) in [5.41, 5.74) is 3.37. The molecule has 0 aliphatic carbocycles. The Balaban J connectivity index is 4.79. The molecule has 0 aromatic rings. The molecule has 13 heavy (non-hydrogen) atoms. The molecule has 0 aromatic carbocycles. The minimum absolute atomic E-state index is 0.963. The van der Waals surface area contributed by atoms with E-state index in [0.717, 1.165) is 11.1 Å². The zero-order valence-corrected chi connectivity index (χ0v) is 8.67. The van der Waals surface area contributed by atoms with E-state index in [4.69, 9.17) is 0 Å². The number of hydrogen-bond donors (Lipinski definition) is 0. The third-order valence-corrected chi connectivity index (χ3v) is 1.60. The first-order valence-corrected chi connectivity index (χ1v) is 4.25. The fraction of sp³-hybridized carbons (Fsp3) is 0.250. The quantitative estimate of drug-likeness (QED) is 0.456. The Labute approximate surface area is 80.9 Å². The van der Waals surface area contributed by atoms with Crippen LogP contribution in [0.15, 0.2) is 52.7 Å². The van der Waals surface area contributed by atoms with Gasteiger partial charge >= 0.3 is 0 Å². The maximum atomic E-state index is 3.95. The van der Waals surface area contributed by atoms with Crippen molar-refractivity contribution in [3.8, 4) is 0 Å². The van der Waals surface area contributed by atoms with E-state index in [1.54, 1.807) is 6.20 Å². The Bertz CT molecular complexity index is 273. The molecule has 0 aliphatic heterocycles. The Morgan fingerprint density at radius 2 is 1.85 bits per heavy atom. The van der Waals surface area contributed by atoms with E-state index in [1.165, 1.54) is 5.57 Å². The van der Waals surface area contributed by atoms with Crippen LogP contribution in [0.25, 0.3) is 0 Å². The molecule has 0 atom stereocenters. The van der Waals surface area contributed by atoms with E-state index in [1.807, 2.05) is 25.2 Å². The monoisotopic (exact) mass is 175 g/mol. The maximum Gasteiger partial charge on any atom is 0.0266 e. The van der Waals surface area contributed by atoms with E-state index in [0.29, 0.717) is 0 Å². The molecular formula is C12H17N. The van der Waals surface area contributed by atoms with E-state index >= 15 is 0 Å². The number of hydrogen-bond acceptors (Lipinski definition) is 1. The Morgan fingerprint density at radius 3 is 2.23 bits per heavy atom. The van der Waals surface area contributed by atoms with Crippen molar-refractivity contribution in [1.82, 2.24) is 0 Å². The van der Waals surface area contributed by atoms with Gasteiger partial charge in [0.2, 0.25) is 0 Å². The first-order chi connectivity index (χ1) is 6.13. The first kappa shape index (κ1) is 11.6. The molecule has 0 amide bonds. The molecule has 0 aliphatic rings. The van der Waals surface area contributed by atoms with Crippen LogP contribution in [0.2, 0.25) is 0 Å². The molecule has 0 heterocycles. The first-order valence-electron chi connectivity index (χ1n) is 4.25. The summed E-state index contributed by atoms with van der Waals surface area (Å²) in [4.78, 5) is 3.64. The van der Waals surface area contributed by atoms with Crippen molar-refractivity contribution in [2.45, 2.75) is 20.8 Å². The second-order valence-corrected chi connectivity index (χ2v) is 2.94. The van der Waals surface area contributed by atoms with Gasteiger partial charge in [0.15, 0.2) is 0 Å². The minimum atomic E-state index is 0.963. The van der Waals surface area contributed by atoms with Crippen LogP contribution in [-0.4, -0.2) is 6.72 Å². The van der Waals surface area contributed by atoms with E-state index in [9.17, 15) is 0 Å². The van der Waals surface area contributed by atoms with Gasteiger partial charge in [0.1, 0.15) is 0 Å². The van der Waals surface area contributed by atoms with E-state index in [2.05, 4.69) is 32.1 Å². The molecule has 1 nitrogen and oxygen atoms in total. The van der Waals surface area contributed by atoms with Gasteiger partial charge in [-0.15, -0.1) is 0 Å². The summed E-state index contributed by atoms with van der Waals surface area (Å²) < 4.78 is 0. The molecule has 70 valence electrons. The molecule has 0 bridgehead atoms. The lowest BCUT2D eigenvalue weighted by molar-refractivity contribution is 1.31. The number of rotatable bonds is 4. The van der Waals surface area contributed by atoms with Crippen LogP contribution in [0.5, 0.6) is 0 Å². The highest BCUT2D eigenvalue weighted by molar-refractivity contribution is 5.47. The molecule has 0 unspecified atom stereocenters. The van der Waals surface area contributed by atoms with Gasteiger partial charge in [-0.25, -0.2) is 0 Å². The zero-order valence-electron chi connectivity index (χ0n) is 8.67. The van der Waals surface area contributed by atoms with Crippen LogP contribution in [0, 0.1) is 0 Å². The second-order valence-electron chi connectivity index (χ2n) is 2.94. The van der Waals surface area contributed by atoms with Crippen LogP contribution < -0.4 is 0 Å². The second kappa shape index (κ2) is 6.18. The van der Waals surface area contributed by atoms with Crippen LogP contribution in [0.1, 0.15) is 20.8 Å². The fourth-order valence-corrected chi connectivity index (χ4v) is 0.994.